The van der Waals surface area contributed by atoms with E-state index in [0.29, 0.717) is 15.7 Å². The van der Waals surface area contributed by atoms with Gasteiger partial charge in [-0.15, -0.1) is 10.2 Å². The fourth-order valence-electron chi connectivity index (χ4n) is 1.69. The number of thioether (sulfide) groups is 1. The van der Waals surface area contributed by atoms with Crippen LogP contribution in [0, 0.1) is 12.7 Å². The molecular weight excluding hydrogens is 311 g/mol. The lowest BCUT2D eigenvalue weighted by atomic mass is 10.2. The molecule has 4 nitrogen and oxygen atoms in total. The highest BCUT2D eigenvalue weighted by molar-refractivity contribution is 8.15. The molecule has 0 bridgehead atoms. The van der Waals surface area contributed by atoms with Gasteiger partial charge < -0.3 is 4.42 Å². The minimum absolute atomic E-state index is 0.201. The van der Waals surface area contributed by atoms with Gasteiger partial charge in [0.15, 0.2) is 10.1 Å². The van der Waals surface area contributed by atoms with Crippen LogP contribution in [0.4, 0.5) is 4.39 Å². The van der Waals surface area contributed by atoms with Crippen LogP contribution < -0.4 is 0 Å². The average molecular weight is 320 g/mol. The highest BCUT2D eigenvalue weighted by Gasteiger charge is 2.16. The summed E-state index contributed by atoms with van der Waals surface area (Å²) in [6.45, 7) is 1.82. The van der Waals surface area contributed by atoms with Crippen LogP contribution in [0.1, 0.15) is 15.6 Å². The lowest BCUT2D eigenvalue weighted by Crippen LogP contribution is -1.89. The van der Waals surface area contributed by atoms with Gasteiger partial charge in [-0.05, 0) is 43.0 Å². The first kappa shape index (κ1) is 14.0. The van der Waals surface area contributed by atoms with Gasteiger partial charge in [-0.1, -0.05) is 23.5 Å². The van der Waals surface area contributed by atoms with E-state index in [4.69, 9.17) is 4.42 Å². The third kappa shape index (κ3) is 3.20. The van der Waals surface area contributed by atoms with E-state index in [2.05, 4.69) is 10.2 Å². The molecule has 7 heteroatoms. The second-order valence-electron chi connectivity index (χ2n) is 4.15. The molecule has 0 fully saturated rings. The van der Waals surface area contributed by atoms with Gasteiger partial charge in [0.1, 0.15) is 16.6 Å². The Hall–Kier alpha value is -1.99. The number of carbonyl (C=O) groups excluding carboxylic acids is 1. The fraction of sp³-hybridized carbons (Fsp3) is 0.0714. The van der Waals surface area contributed by atoms with E-state index in [-0.39, 0.29) is 16.7 Å². The molecule has 2 aromatic heterocycles. The Kier molecular flexibility index (Phi) is 3.85. The van der Waals surface area contributed by atoms with Crippen LogP contribution in [0.3, 0.4) is 0 Å². The normalized spacial score (nSPS) is 10.8. The van der Waals surface area contributed by atoms with Crippen molar-refractivity contribution in [2.75, 3.05) is 0 Å². The first-order chi connectivity index (χ1) is 10.1. The highest BCUT2D eigenvalue weighted by atomic mass is 32.2. The van der Waals surface area contributed by atoms with Gasteiger partial charge in [-0.3, -0.25) is 4.79 Å². The van der Waals surface area contributed by atoms with Crippen LogP contribution >= 0.6 is 23.1 Å². The lowest BCUT2D eigenvalue weighted by Gasteiger charge is -1.97. The number of hydrogen-bond donors (Lipinski definition) is 0. The summed E-state index contributed by atoms with van der Waals surface area (Å²) < 4.78 is 19.2. The molecule has 0 atom stereocenters. The zero-order valence-corrected chi connectivity index (χ0v) is 12.5. The SMILES string of the molecule is Cc1nnc(SC(=O)c2ccc(-c3cccc(F)c3)o2)s1. The number of hydrogen-bond acceptors (Lipinski definition) is 6. The molecular formula is C14H9FN2O2S2. The minimum atomic E-state index is -0.351. The Labute approximate surface area is 128 Å². The predicted molar refractivity (Wildman–Crippen MR) is 78.9 cm³/mol. The molecule has 0 aliphatic heterocycles. The molecule has 0 spiro atoms. The van der Waals surface area contributed by atoms with Crippen LogP contribution in [0.2, 0.25) is 0 Å². The first-order valence-corrected chi connectivity index (χ1v) is 7.63. The van der Waals surface area contributed by atoms with E-state index >= 15 is 0 Å². The van der Waals surface area contributed by atoms with Gasteiger partial charge in [0.2, 0.25) is 0 Å². The molecule has 3 aromatic rings. The Morgan fingerprint density at radius 1 is 1.29 bits per heavy atom. The van der Waals surface area contributed by atoms with Gasteiger partial charge in [-0.25, -0.2) is 4.39 Å². The van der Waals surface area contributed by atoms with Crippen LogP contribution in [0.5, 0.6) is 0 Å². The Bertz CT molecular complexity index is 798. The molecule has 0 aliphatic rings. The van der Waals surface area contributed by atoms with Gasteiger partial charge in [0.25, 0.3) is 5.12 Å². The van der Waals surface area contributed by atoms with Crippen LogP contribution in [-0.4, -0.2) is 15.3 Å². The van der Waals surface area contributed by atoms with Crippen molar-refractivity contribution in [2.24, 2.45) is 0 Å². The van der Waals surface area contributed by atoms with Crippen molar-refractivity contribution in [3.05, 3.63) is 53.0 Å². The zero-order chi connectivity index (χ0) is 14.8. The second kappa shape index (κ2) is 5.79. The van der Waals surface area contributed by atoms with Crippen molar-refractivity contribution in [1.82, 2.24) is 10.2 Å². The molecule has 0 aliphatic carbocycles. The molecule has 0 N–H and O–H groups in total. The molecule has 0 amide bonds. The molecule has 0 unspecified atom stereocenters. The summed E-state index contributed by atoms with van der Waals surface area (Å²) in [5.41, 5.74) is 0.589. The molecule has 1 aromatic carbocycles. The van der Waals surface area contributed by atoms with E-state index < -0.39 is 0 Å². The van der Waals surface area contributed by atoms with Gasteiger partial charge in [-0.2, -0.15) is 0 Å². The molecule has 106 valence electrons. The number of benzene rings is 1. The number of aryl methyl sites for hydroxylation is 1. The van der Waals surface area contributed by atoms with Crippen molar-refractivity contribution in [1.29, 1.82) is 0 Å². The van der Waals surface area contributed by atoms with E-state index in [1.165, 1.54) is 23.5 Å². The number of aromatic nitrogens is 2. The smallest absolute Gasteiger partial charge is 0.261 e. The summed E-state index contributed by atoms with van der Waals surface area (Å²) in [7, 11) is 0. The summed E-state index contributed by atoms with van der Waals surface area (Å²) in [5.74, 6) is 0.300. The third-order valence-electron chi connectivity index (χ3n) is 2.60. The Balaban J connectivity index is 1.80. The molecule has 0 radical (unpaired) electrons. The molecule has 0 saturated heterocycles. The monoisotopic (exact) mass is 320 g/mol. The van der Waals surface area contributed by atoms with E-state index in [0.717, 1.165) is 16.8 Å². The van der Waals surface area contributed by atoms with Crippen molar-refractivity contribution in [2.45, 2.75) is 11.3 Å². The Morgan fingerprint density at radius 3 is 2.86 bits per heavy atom. The van der Waals surface area contributed by atoms with Gasteiger partial charge >= 0.3 is 0 Å². The van der Waals surface area contributed by atoms with Gasteiger partial charge in [0, 0.05) is 5.56 Å². The number of rotatable bonds is 3. The summed E-state index contributed by atoms with van der Waals surface area (Å²) in [6.07, 6.45) is 0. The maximum atomic E-state index is 13.2. The third-order valence-corrected chi connectivity index (χ3v) is 4.38. The quantitative estimate of drug-likeness (QED) is 0.678. The van der Waals surface area contributed by atoms with Gasteiger partial charge in [0.05, 0.1) is 0 Å². The molecule has 0 saturated carbocycles. The number of furan rings is 1. The summed E-state index contributed by atoms with van der Waals surface area (Å²) in [6, 6.07) is 9.24. The van der Waals surface area contributed by atoms with Crippen LogP contribution in [0.15, 0.2) is 45.2 Å². The number of halogens is 1. The molecule has 21 heavy (non-hydrogen) atoms. The molecule has 2 heterocycles. The van der Waals surface area contributed by atoms with E-state index in [1.807, 2.05) is 6.92 Å². The van der Waals surface area contributed by atoms with Crippen LogP contribution in [-0.2, 0) is 0 Å². The maximum Gasteiger partial charge on any atom is 0.261 e. The first-order valence-electron chi connectivity index (χ1n) is 6.00. The second-order valence-corrected chi connectivity index (χ2v) is 6.55. The van der Waals surface area contributed by atoms with Crippen molar-refractivity contribution in [3.8, 4) is 11.3 Å². The molecule has 3 rings (SSSR count). The van der Waals surface area contributed by atoms with Crippen LogP contribution in [0.25, 0.3) is 11.3 Å². The predicted octanol–water partition coefficient (Wildman–Crippen LogP) is 4.18. The zero-order valence-electron chi connectivity index (χ0n) is 10.9. The Morgan fingerprint density at radius 2 is 2.14 bits per heavy atom. The number of carbonyl (C=O) groups is 1. The largest absolute Gasteiger partial charge is 0.452 e. The van der Waals surface area contributed by atoms with E-state index in [9.17, 15) is 9.18 Å². The van der Waals surface area contributed by atoms with Crippen molar-refractivity contribution < 1.29 is 13.6 Å². The standard InChI is InChI=1S/C14H9FN2O2S2/c1-8-16-17-14(20-8)21-13(18)12-6-5-11(19-12)9-3-2-4-10(15)7-9/h2-7H,1H3. The maximum absolute atomic E-state index is 13.2. The fourth-order valence-corrected chi connectivity index (χ4v) is 3.32. The highest BCUT2D eigenvalue weighted by Crippen LogP contribution is 2.29. The minimum Gasteiger partial charge on any atom is -0.452 e. The number of nitrogens with zero attached hydrogens (tertiary/aromatic N) is 2. The van der Waals surface area contributed by atoms with Crippen molar-refractivity contribution >= 4 is 28.2 Å². The van der Waals surface area contributed by atoms with Crippen molar-refractivity contribution in [3.63, 3.8) is 0 Å². The summed E-state index contributed by atoms with van der Waals surface area (Å²) in [5, 5.41) is 8.27. The average Bonchev–Trinajstić information content (AvgIpc) is 3.08. The summed E-state index contributed by atoms with van der Waals surface area (Å²) >= 11 is 2.31. The summed E-state index contributed by atoms with van der Waals surface area (Å²) in [4.78, 5) is 12.1. The topological polar surface area (TPSA) is 56.0 Å². The lowest BCUT2D eigenvalue weighted by molar-refractivity contribution is 0.106. The van der Waals surface area contributed by atoms with E-state index in [1.54, 1.807) is 24.3 Å².